The molecular formula is C7H10FN. The van der Waals surface area contributed by atoms with E-state index in [4.69, 9.17) is 5.73 Å². The van der Waals surface area contributed by atoms with E-state index >= 15 is 0 Å². The number of allylic oxidation sites excluding steroid dienone is 4. The molecule has 0 aromatic rings. The minimum absolute atomic E-state index is 0.243. The van der Waals surface area contributed by atoms with Gasteiger partial charge in [-0.05, 0) is 19.1 Å². The first-order chi connectivity index (χ1) is 4.13. The fourth-order valence-corrected chi connectivity index (χ4v) is 0.304. The first kappa shape index (κ1) is 7.95. The summed E-state index contributed by atoms with van der Waals surface area (Å²) in [5, 5.41) is 0. The lowest BCUT2D eigenvalue weighted by Crippen LogP contribution is -1.87. The number of halogens is 1. The molecule has 0 bridgehead atoms. The molecule has 0 radical (unpaired) electrons. The van der Waals surface area contributed by atoms with Gasteiger partial charge in [0.25, 0.3) is 0 Å². The van der Waals surface area contributed by atoms with E-state index in [1.165, 1.54) is 25.2 Å². The van der Waals surface area contributed by atoms with Gasteiger partial charge in [0.2, 0.25) is 0 Å². The third kappa shape index (κ3) is 6.95. The Morgan fingerprint density at radius 1 is 1.67 bits per heavy atom. The molecule has 2 N–H and O–H groups in total. The molecule has 0 aromatic carbocycles. The highest BCUT2D eigenvalue weighted by atomic mass is 19.1. The third-order valence-electron chi connectivity index (χ3n) is 0.636. The minimum Gasteiger partial charge on any atom is -0.399 e. The van der Waals surface area contributed by atoms with Crippen molar-refractivity contribution in [2.45, 2.75) is 6.92 Å². The lowest BCUT2D eigenvalue weighted by atomic mass is 10.4. The van der Waals surface area contributed by atoms with E-state index in [2.05, 4.69) is 6.58 Å². The summed E-state index contributed by atoms with van der Waals surface area (Å²) in [6.45, 7) is 4.76. The van der Waals surface area contributed by atoms with Gasteiger partial charge in [0, 0.05) is 5.70 Å². The van der Waals surface area contributed by atoms with Gasteiger partial charge in [0.1, 0.15) is 0 Å². The molecule has 2 heteroatoms. The van der Waals surface area contributed by atoms with Crippen molar-refractivity contribution in [3.05, 3.63) is 36.3 Å². The Hall–Kier alpha value is -1.05. The average molecular weight is 127 g/mol. The Morgan fingerprint density at radius 3 is 2.56 bits per heavy atom. The standard InChI is InChI=1S/C7H10FN/c1-6(8)4-3-5-7(2)9/h3-5H,2,9H2,1H3/b5-3-,6-4+. The van der Waals surface area contributed by atoms with E-state index in [0.29, 0.717) is 5.70 Å². The van der Waals surface area contributed by atoms with Crippen molar-refractivity contribution in [1.82, 2.24) is 0 Å². The number of hydrogen-bond donors (Lipinski definition) is 1. The number of hydrogen-bond acceptors (Lipinski definition) is 1. The van der Waals surface area contributed by atoms with Crippen LogP contribution in [0.5, 0.6) is 0 Å². The van der Waals surface area contributed by atoms with Crippen LogP contribution in [0, 0.1) is 0 Å². The summed E-state index contributed by atoms with van der Waals surface area (Å²) < 4.78 is 11.9. The summed E-state index contributed by atoms with van der Waals surface area (Å²) in [4.78, 5) is 0. The monoisotopic (exact) mass is 127 g/mol. The summed E-state index contributed by atoms with van der Waals surface area (Å²) in [6.07, 6.45) is 4.36. The van der Waals surface area contributed by atoms with Gasteiger partial charge >= 0.3 is 0 Å². The van der Waals surface area contributed by atoms with Crippen LogP contribution in [0.15, 0.2) is 36.3 Å². The summed E-state index contributed by atoms with van der Waals surface area (Å²) in [6, 6.07) is 0. The van der Waals surface area contributed by atoms with Gasteiger partial charge in [-0.25, -0.2) is 4.39 Å². The van der Waals surface area contributed by atoms with Gasteiger partial charge in [-0.3, -0.25) is 0 Å². The Balaban J connectivity index is 3.74. The second-order valence-electron chi connectivity index (χ2n) is 1.69. The number of nitrogens with two attached hydrogens (primary N) is 1. The largest absolute Gasteiger partial charge is 0.399 e. The molecule has 0 heterocycles. The van der Waals surface area contributed by atoms with E-state index in [1.807, 2.05) is 0 Å². The highest BCUT2D eigenvalue weighted by Gasteiger charge is 1.75. The molecule has 0 rings (SSSR count). The molecule has 0 saturated heterocycles. The van der Waals surface area contributed by atoms with Crippen molar-refractivity contribution < 1.29 is 4.39 Å². The molecule has 0 aliphatic heterocycles. The fourth-order valence-electron chi connectivity index (χ4n) is 0.304. The van der Waals surface area contributed by atoms with Crippen molar-refractivity contribution in [1.29, 1.82) is 0 Å². The molecule has 0 aliphatic carbocycles. The quantitative estimate of drug-likeness (QED) is 0.563. The summed E-state index contributed by atoms with van der Waals surface area (Å²) >= 11 is 0. The summed E-state index contributed by atoms with van der Waals surface area (Å²) in [5.41, 5.74) is 5.57. The lowest BCUT2D eigenvalue weighted by Gasteiger charge is -1.81. The molecule has 0 unspecified atom stereocenters. The zero-order chi connectivity index (χ0) is 7.28. The van der Waals surface area contributed by atoms with E-state index in [-0.39, 0.29) is 5.83 Å². The van der Waals surface area contributed by atoms with Gasteiger partial charge in [-0.15, -0.1) is 0 Å². The molecule has 0 amide bonds. The van der Waals surface area contributed by atoms with Crippen molar-refractivity contribution in [2.24, 2.45) is 5.73 Å². The Labute approximate surface area is 54.4 Å². The van der Waals surface area contributed by atoms with Crippen molar-refractivity contribution in [3.63, 3.8) is 0 Å². The fraction of sp³-hybridized carbons (Fsp3) is 0.143. The van der Waals surface area contributed by atoms with Crippen LogP contribution >= 0.6 is 0 Å². The Bertz CT molecular complexity index is 152. The Morgan fingerprint density at radius 2 is 2.22 bits per heavy atom. The van der Waals surface area contributed by atoms with Crippen LogP contribution in [0.3, 0.4) is 0 Å². The highest BCUT2D eigenvalue weighted by Crippen LogP contribution is 1.92. The zero-order valence-corrected chi connectivity index (χ0v) is 5.39. The highest BCUT2D eigenvalue weighted by molar-refractivity contribution is 5.16. The van der Waals surface area contributed by atoms with Crippen molar-refractivity contribution in [2.75, 3.05) is 0 Å². The van der Waals surface area contributed by atoms with Gasteiger partial charge in [0.15, 0.2) is 0 Å². The molecule has 0 saturated carbocycles. The molecule has 0 aromatic heterocycles. The molecule has 50 valence electrons. The van der Waals surface area contributed by atoms with Gasteiger partial charge in [-0.1, -0.05) is 12.7 Å². The van der Waals surface area contributed by atoms with Crippen LogP contribution in [0.4, 0.5) is 4.39 Å². The van der Waals surface area contributed by atoms with Crippen LogP contribution in [0.1, 0.15) is 6.92 Å². The molecule has 0 fully saturated rings. The smallest absolute Gasteiger partial charge is 0.0968 e. The molecule has 0 spiro atoms. The SMILES string of the molecule is C=C(N)/C=C\C=C(/C)F. The number of rotatable bonds is 2. The third-order valence-corrected chi connectivity index (χ3v) is 0.636. The summed E-state index contributed by atoms with van der Waals surface area (Å²) in [7, 11) is 0. The normalized spacial score (nSPS) is 12.4. The van der Waals surface area contributed by atoms with E-state index in [9.17, 15) is 4.39 Å². The van der Waals surface area contributed by atoms with Crippen LogP contribution in [-0.4, -0.2) is 0 Å². The van der Waals surface area contributed by atoms with Crippen LogP contribution < -0.4 is 5.73 Å². The first-order valence-electron chi connectivity index (χ1n) is 2.58. The maximum absolute atomic E-state index is 11.9. The minimum atomic E-state index is -0.243. The second-order valence-corrected chi connectivity index (χ2v) is 1.69. The summed E-state index contributed by atoms with van der Waals surface area (Å²) in [5.74, 6) is -0.243. The predicted octanol–water partition coefficient (Wildman–Crippen LogP) is 1.89. The molecule has 1 nitrogen and oxygen atoms in total. The Kier molecular flexibility index (Phi) is 3.44. The van der Waals surface area contributed by atoms with E-state index in [0.717, 1.165) is 0 Å². The second kappa shape index (κ2) is 3.89. The zero-order valence-electron chi connectivity index (χ0n) is 5.39. The van der Waals surface area contributed by atoms with Crippen molar-refractivity contribution in [3.8, 4) is 0 Å². The molecule has 9 heavy (non-hydrogen) atoms. The topological polar surface area (TPSA) is 26.0 Å². The van der Waals surface area contributed by atoms with Gasteiger partial charge < -0.3 is 5.73 Å². The molecule has 0 atom stereocenters. The van der Waals surface area contributed by atoms with Gasteiger partial charge in [-0.2, -0.15) is 0 Å². The molecule has 0 aliphatic rings. The van der Waals surface area contributed by atoms with Crippen LogP contribution in [-0.2, 0) is 0 Å². The van der Waals surface area contributed by atoms with E-state index < -0.39 is 0 Å². The van der Waals surface area contributed by atoms with Gasteiger partial charge in [0.05, 0.1) is 5.83 Å². The van der Waals surface area contributed by atoms with Crippen molar-refractivity contribution >= 4 is 0 Å². The van der Waals surface area contributed by atoms with Crippen LogP contribution in [0.2, 0.25) is 0 Å². The lowest BCUT2D eigenvalue weighted by molar-refractivity contribution is 0.640. The maximum Gasteiger partial charge on any atom is 0.0968 e. The van der Waals surface area contributed by atoms with Crippen LogP contribution in [0.25, 0.3) is 0 Å². The molecular weight excluding hydrogens is 117 g/mol. The maximum atomic E-state index is 11.9. The predicted molar refractivity (Wildman–Crippen MR) is 37.3 cm³/mol. The van der Waals surface area contributed by atoms with E-state index in [1.54, 1.807) is 0 Å². The first-order valence-corrected chi connectivity index (χ1v) is 2.58. The average Bonchev–Trinajstić information content (AvgIpc) is 1.63.